The van der Waals surface area contributed by atoms with E-state index in [1.54, 1.807) is 7.05 Å². The zero-order valence-electron chi connectivity index (χ0n) is 19.6. The Morgan fingerprint density at radius 2 is 1.73 bits per heavy atom. The zero-order chi connectivity index (χ0) is 23.0. The molecule has 4 rings (SSSR count). The summed E-state index contributed by atoms with van der Waals surface area (Å²) in [5.74, 6) is 2.00. The molecule has 7 heteroatoms. The van der Waals surface area contributed by atoms with Crippen LogP contribution in [0.25, 0.3) is 11.0 Å². The molecular formula is C26H32N6O. The van der Waals surface area contributed by atoms with Crippen molar-refractivity contribution in [1.29, 1.82) is 0 Å². The molecule has 0 atom stereocenters. The van der Waals surface area contributed by atoms with Crippen LogP contribution in [0.15, 0.2) is 70.4 Å². The average molecular weight is 445 g/mol. The lowest BCUT2D eigenvalue weighted by atomic mass is 9.99. The van der Waals surface area contributed by atoms with Gasteiger partial charge in [0, 0.05) is 32.1 Å². The number of benzene rings is 2. The van der Waals surface area contributed by atoms with E-state index in [4.69, 9.17) is 4.52 Å². The molecule has 33 heavy (non-hydrogen) atoms. The second kappa shape index (κ2) is 10.8. The van der Waals surface area contributed by atoms with Gasteiger partial charge in [-0.15, -0.1) is 0 Å². The lowest BCUT2D eigenvalue weighted by Crippen LogP contribution is -2.36. The third-order valence-corrected chi connectivity index (χ3v) is 6.00. The summed E-state index contributed by atoms with van der Waals surface area (Å²) in [6.45, 7) is 6.39. The van der Waals surface area contributed by atoms with E-state index in [1.165, 1.54) is 11.1 Å². The molecule has 2 heterocycles. The Morgan fingerprint density at radius 1 is 1.00 bits per heavy atom. The van der Waals surface area contributed by atoms with Gasteiger partial charge < -0.3 is 19.7 Å². The van der Waals surface area contributed by atoms with E-state index in [0.717, 1.165) is 47.8 Å². The lowest BCUT2D eigenvalue weighted by Gasteiger charge is -2.11. The van der Waals surface area contributed by atoms with E-state index in [2.05, 4.69) is 74.5 Å². The number of imidazole rings is 1. The number of fused-ring (bicyclic) bond motifs is 1. The molecule has 0 radical (unpaired) electrons. The molecule has 172 valence electrons. The van der Waals surface area contributed by atoms with Crippen molar-refractivity contribution < 1.29 is 4.52 Å². The van der Waals surface area contributed by atoms with Gasteiger partial charge in [0.2, 0.25) is 0 Å². The third-order valence-electron chi connectivity index (χ3n) is 6.00. The van der Waals surface area contributed by atoms with Gasteiger partial charge in [0.25, 0.3) is 0 Å². The van der Waals surface area contributed by atoms with E-state index in [0.29, 0.717) is 19.0 Å². The SMILES string of the molecule is CCC(CC)c1cc(CNC(=NC)NCc2ccc(Cn3cnc4ccccc43)cc2)on1. The minimum absolute atomic E-state index is 0.454. The molecular weight excluding hydrogens is 412 g/mol. The van der Waals surface area contributed by atoms with E-state index in [1.807, 2.05) is 30.6 Å². The van der Waals surface area contributed by atoms with Crippen LogP contribution < -0.4 is 10.6 Å². The highest BCUT2D eigenvalue weighted by Crippen LogP contribution is 2.22. The molecule has 0 spiro atoms. The van der Waals surface area contributed by atoms with Crippen LogP contribution >= 0.6 is 0 Å². The fourth-order valence-electron chi connectivity index (χ4n) is 3.98. The van der Waals surface area contributed by atoms with Crippen molar-refractivity contribution in [3.8, 4) is 0 Å². The van der Waals surface area contributed by atoms with Gasteiger partial charge in [-0.3, -0.25) is 4.99 Å². The predicted molar refractivity (Wildman–Crippen MR) is 132 cm³/mol. The Morgan fingerprint density at radius 3 is 2.48 bits per heavy atom. The highest BCUT2D eigenvalue weighted by Gasteiger charge is 2.13. The monoisotopic (exact) mass is 444 g/mol. The van der Waals surface area contributed by atoms with Crippen LogP contribution in [0, 0.1) is 0 Å². The number of nitrogens with zero attached hydrogens (tertiary/aromatic N) is 4. The summed E-state index contributed by atoms with van der Waals surface area (Å²) >= 11 is 0. The Balaban J connectivity index is 1.28. The minimum atomic E-state index is 0.454. The van der Waals surface area contributed by atoms with Crippen LogP contribution in [0.3, 0.4) is 0 Å². The molecule has 0 saturated carbocycles. The molecule has 7 nitrogen and oxygen atoms in total. The predicted octanol–water partition coefficient (Wildman–Crippen LogP) is 4.84. The van der Waals surface area contributed by atoms with Crippen molar-refractivity contribution in [2.45, 2.75) is 52.2 Å². The highest BCUT2D eigenvalue weighted by molar-refractivity contribution is 5.79. The number of para-hydroxylation sites is 2. The van der Waals surface area contributed by atoms with Gasteiger partial charge in [-0.2, -0.15) is 0 Å². The quantitative estimate of drug-likeness (QED) is 0.285. The van der Waals surface area contributed by atoms with Crippen LogP contribution in [0.1, 0.15) is 55.2 Å². The molecule has 0 saturated heterocycles. The Labute approximate surface area is 194 Å². The second-order valence-electron chi connectivity index (χ2n) is 8.19. The summed E-state index contributed by atoms with van der Waals surface area (Å²) in [5, 5.41) is 10.9. The number of aliphatic imine (C=N–C) groups is 1. The van der Waals surface area contributed by atoms with Crippen molar-refractivity contribution in [2.24, 2.45) is 4.99 Å². The number of guanidine groups is 1. The van der Waals surface area contributed by atoms with Crippen LogP contribution in [0.5, 0.6) is 0 Å². The molecule has 0 aliphatic carbocycles. The topological polar surface area (TPSA) is 80.3 Å². The van der Waals surface area contributed by atoms with E-state index in [9.17, 15) is 0 Å². The first-order valence-electron chi connectivity index (χ1n) is 11.6. The third kappa shape index (κ3) is 5.61. The first-order valence-corrected chi connectivity index (χ1v) is 11.6. The Kier molecular flexibility index (Phi) is 7.40. The van der Waals surface area contributed by atoms with Gasteiger partial charge in [-0.25, -0.2) is 4.98 Å². The molecule has 0 bridgehead atoms. The van der Waals surface area contributed by atoms with Gasteiger partial charge in [0.15, 0.2) is 11.7 Å². The van der Waals surface area contributed by atoms with Crippen LogP contribution in [0.2, 0.25) is 0 Å². The summed E-state index contributed by atoms with van der Waals surface area (Å²) in [7, 11) is 1.77. The average Bonchev–Trinajstić information content (AvgIpc) is 3.49. The maximum atomic E-state index is 5.49. The van der Waals surface area contributed by atoms with Crippen molar-refractivity contribution in [1.82, 2.24) is 25.3 Å². The van der Waals surface area contributed by atoms with Gasteiger partial charge in [-0.1, -0.05) is 55.4 Å². The molecule has 0 aliphatic rings. The molecule has 0 amide bonds. The Hall–Kier alpha value is -3.61. The number of aromatic nitrogens is 3. The molecule has 0 unspecified atom stereocenters. The molecule has 4 aromatic rings. The summed E-state index contributed by atoms with van der Waals surface area (Å²) < 4.78 is 7.66. The van der Waals surface area contributed by atoms with Crippen molar-refractivity contribution >= 4 is 17.0 Å². The normalized spacial score (nSPS) is 11.9. The van der Waals surface area contributed by atoms with E-state index < -0.39 is 0 Å². The fraction of sp³-hybridized carbons (Fsp3) is 0.346. The minimum Gasteiger partial charge on any atom is -0.359 e. The second-order valence-corrected chi connectivity index (χ2v) is 8.19. The largest absolute Gasteiger partial charge is 0.359 e. The van der Waals surface area contributed by atoms with Gasteiger partial charge >= 0.3 is 0 Å². The first-order chi connectivity index (χ1) is 16.2. The number of hydrogen-bond acceptors (Lipinski definition) is 4. The summed E-state index contributed by atoms with van der Waals surface area (Å²) in [4.78, 5) is 8.78. The number of hydrogen-bond donors (Lipinski definition) is 2. The van der Waals surface area contributed by atoms with E-state index in [-0.39, 0.29) is 0 Å². The summed E-state index contributed by atoms with van der Waals surface area (Å²) in [6, 6.07) is 18.9. The highest BCUT2D eigenvalue weighted by atomic mass is 16.5. The maximum Gasteiger partial charge on any atom is 0.191 e. The van der Waals surface area contributed by atoms with Gasteiger partial charge in [0.05, 0.1) is 29.6 Å². The number of nitrogens with one attached hydrogen (secondary N) is 2. The molecule has 2 aromatic carbocycles. The standard InChI is InChI=1S/C26H32N6O/c1-4-21(5-2)24-14-22(33-31-24)16-29-26(27-3)28-15-19-10-12-20(13-11-19)17-32-18-30-23-8-6-7-9-25(23)32/h6-14,18,21H,4-5,15-17H2,1-3H3,(H2,27,28,29). The fourth-order valence-corrected chi connectivity index (χ4v) is 3.98. The molecule has 2 N–H and O–H groups in total. The molecule has 2 aromatic heterocycles. The van der Waals surface area contributed by atoms with Crippen LogP contribution in [-0.4, -0.2) is 27.7 Å². The summed E-state index contributed by atoms with van der Waals surface area (Å²) in [6.07, 6.45) is 4.03. The van der Waals surface area contributed by atoms with Gasteiger partial charge in [-0.05, 0) is 36.1 Å². The smallest absolute Gasteiger partial charge is 0.191 e. The number of rotatable bonds is 9. The van der Waals surface area contributed by atoms with Crippen LogP contribution in [0.4, 0.5) is 0 Å². The van der Waals surface area contributed by atoms with E-state index >= 15 is 0 Å². The van der Waals surface area contributed by atoms with Crippen molar-refractivity contribution in [3.63, 3.8) is 0 Å². The Bertz CT molecular complexity index is 1190. The van der Waals surface area contributed by atoms with Crippen LogP contribution in [-0.2, 0) is 19.6 Å². The molecule has 0 aliphatic heterocycles. The van der Waals surface area contributed by atoms with Gasteiger partial charge in [0.1, 0.15) is 0 Å². The maximum absolute atomic E-state index is 5.49. The van der Waals surface area contributed by atoms with Crippen molar-refractivity contribution in [2.75, 3.05) is 7.05 Å². The summed E-state index contributed by atoms with van der Waals surface area (Å²) in [5.41, 5.74) is 5.63. The zero-order valence-corrected chi connectivity index (χ0v) is 19.6. The molecule has 0 fully saturated rings. The lowest BCUT2D eigenvalue weighted by molar-refractivity contribution is 0.368. The first kappa shape index (κ1) is 22.6. The van der Waals surface area contributed by atoms with Crippen molar-refractivity contribution in [3.05, 3.63) is 83.5 Å².